The lowest BCUT2D eigenvalue weighted by atomic mass is 9.95. The van der Waals surface area contributed by atoms with Crippen LogP contribution in [-0.2, 0) is 26.0 Å². The average Bonchev–Trinajstić information content (AvgIpc) is 2.98. The van der Waals surface area contributed by atoms with E-state index in [1.807, 2.05) is 37.3 Å². The summed E-state index contributed by atoms with van der Waals surface area (Å²) >= 11 is 6.31. The van der Waals surface area contributed by atoms with Gasteiger partial charge in [0.25, 0.3) is 10.0 Å². The molecular weight excluding hydrogens is 570 g/mol. The first-order valence-corrected chi connectivity index (χ1v) is 16.4. The van der Waals surface area contributed by atoms with Gasteiger partial charge in [-0.1, -0.05) is 85.0 Å². The summed E-state index contributed by atoms with van der Waals surface area (Å²) in [5.41, 5.74) is 2.91. The van der Waals surface area contributed by atoms with Gasteiger partial charge in [-0.2, -0.15) is 0 Å². The van der Waals surface area contributed by atoms with E-state index in [0.717, 1.165) is 47.5 Å². The standard InChI is InChI=1S/C33H40ClN3O4S/c1-24-14-18-30(19-15-24)42(40,41)37(31-22-28(34)17-16-25(31)2)23-32(38)36(21-20-27-10-6-4-7-11-27)26(3)33(39)35-29-12-8-5-9-13-29/h4,6-7,10-11,14-19,22,26,29H,5,8-9,12-13,20-21,23H2,1-3H3,(H,35,39). The number of nitrogens with one attached hydrogen (secondary N) is 1. The normalized spacial score (nSPS) is 14.7. The number of carbonyl (C=O) groups is 2. The molecule has 7 nitrogen and oxygen atoms in total. The minimum Gasteiger partial charge on any atom is -0.352 e. The van der Waals surface area contributed by atoms with Crippen molar-refractivity contribution in [2.75, 3.05) is 17.4 Å². The smallest absolute Gasteiger partial charge is 0.264 e. The fraction of sp³-hybridized carbons (Fsp3) is 0.394. The molecule has 4 rings (SSSR count). The van der Waals surface area contributed by atoms with Crippen LogP contribution in [0, 0.1) is 13.8 Å². The lowest BCUT2D eigenvalue weighted by Crippen LogP contribution is -2.53. The SMILES string of the molecule is Cc1ccc(S(=O)(=O)N(CC(=O)N(CCc2ccccc2)C(C)C(=O)NC2CCCCC2)c2cc(Cl)ccc2C)cc1. The quantitative estimate of drug-likeness (QED) is 0.286. The zero-order chi connectivity index (χ0) is 30.3. The number of amides is 2. The number of anilines is 1. The summed E-state index contributed by atoms with van der Waals surface area (Å²) in [6.45, 7) is 5.15. The number of halogens is 1. The van der Waals surface area contributed by atoms with Crippen LogP contribution in [0.5, 0.6) is 0 Å². The van der Waals surface area contributed by atoms with E-state index < -0.39 is 28.5 Å². The first kappa shape index (κ1) is 31.6. The van der Waals surface area contributed by atoms with Crippen LogP contribution in [0.3, 0.4) is 0 Å². The van der Waals surface area contributed by atoms with Crippen LogP contribution in [0.4, 0.5) is 5.69 Å². The largest absolute Gasteiger partial charge is 0.352 e. The first-order chi connectivity index (χ1) is 20.1. The molecule has 224 valence electrons. The number of sulfonamides is 1. The minimum atomic E-state index is -4.15. The van der Waals surface area contributed by atoms with Gasteiger partial charge in [-0.25, -0.2) is 8.42 Å². The molecule has 1 N–H and O–H groups in total. The third kappa shape index (κ3) is 7.92. The molecule has 1 aliphatic rings. The van der Waals surface area contributed by atoms with Crippen LogP contribution >= 0.6 is 11.6 Å². The Morgan fingerprint density at radius 2 is 1.62 bits per heavy atom. The average molecular weight is 610 g/mol. The van der Waals surface area contributed by atoms with Crippen LogP contribution < -0.4 is 9.62 Å². The van der Waals surface area contributed by atoms with Crippen LogP contribution in [0.2, 0.25) is 5.02 Å². The summed E-state index contributed by atoms with van der Waals surface area (Å²) < 4.78 is 29.2. The molecule has 3 aromatic rings. The second-order valence-electron chi connectivity index (χ2n) is 11.1. The third-order valence-corrected chi connectivity index (χ3v) is 9.94. The van der Waals surface area contributed by atoms with Crippen molar-refractivity contribution in [1.29, 1.82) is 0 Å². The van der Waals surface area contributed by atoms with Gasteiger partial charge in [0, 0.05) is 17.6 Å². The Balaban J connectivity index is 1.67. The van der Waals surface area contributed by atoms with E-state index in [4.69, 9.17) is 11.6 Å². The number of hydrogen-bond acceptors (Lipinski definition) is 4. The Kier molecular flexibility index (Phi) is 10.7. The molecule has 0 aliphatic heterocycles. The van der Waals surface area contributed by atoms with Crippen LogP contribution in [0.15, 0.2) is 77.7 Å². The summed E-state index contributed by atoms with van der Waals surface area (Å²) in [6.07, 6.45) is 5.67. The van der Waals surface area contributed by atoms with Crippen LogP contribution in [0.1, 0.15) is 55.7 Å². The molecule has 1 fully saturated rings. The van der Waals surface area contributed by atoms with Crippen molar-refractivity contribution in [2.45, 2.75) is 76.3 Å². The molecule has 1 aliphatic carbocycles. The predicted octanol–water partition coefficient (Wildman–Crippen LogP) is 6.06. The van der Waals surface area contributed by atoms with Crippen molar-refractivity contribution in [3.05, 3.63) is 94.5 Å². The molecule has 1 atom stereocenters. The summed E-state index contributed by atoms with van der Waals surface area (Å²) in [7, 11) is -4.15. The van der Waals surface area contributed by atoms with Gasteiger partial charge in [-0.3, -0.25) is 13.9 Å². The maximum absolute atomic E-state index is 14.1. The Bertz CT molecular complexity index is 1470. The highest BCUT2D eigenvalue weighted by Crippen LogP contribution is 2.30. The number of rotatable bonds is 11. The monoisotopic (exact) mass is 609 g/mol. The van der Waals surface area contributed by atoms with Crippen LogP contribution in [0.25, 0.3) is 0 Å². The summed E-state index contributed by atoms with van der Waals surface area (Å²) in [5.74, 6) is -0.692. The zero-order valence-electron chi connectivity index (χ0n) is 24.6. The van der Waals surface area contributed by atoms with Gasteiger partial charge in [0.15, 0.2) is 0 Å². The maximum Gasteiger partial charge on any atom is 0.264 e. The summed E-state index contributed by atoms with van der Waals surface area (Å²) in [4.78, 5) is 29.1. The highest BCUT2D eigenvalue weighted by atomic mass is 35.5. The summed E-state index contributed by atoms with van der Waals surface area (Å²) in [6, 6.07) is 20.5. The number of nitrogens with zero attached hydrogens (tertiary/aromatic N) is 2. The van der Waals surface area contributed by atoms with E-state index in [-0.39, 0.29) is 23.4 Å². The molecule has 9 heteroatoms. The molecule has 0 aromatic heterocycles. The van der Waals surface area contributed by atoms with Gasteiger partial charge in [-0.15, -0.1) is 0 Å². The van der Waals surface area contributed by atoms with E-state index in [2.05, 4.69) is 5.32 Å². The van der Waals surface area contributed by atoms with Gasteiger partial charge < -0.3 is 10.2 Å². The third-order valence-electron chi connectivity index (χ3n) is 7.93. The Morgan fingerprint density at radius 3 is 2.29 bits per heavy atom. The van der Waals surface area contributed by atoms with Gasteiger partial charge in [0.05, 0.1) is 10.6 Å². The second kappa shape index (κ2) is 14.2. The molecule has 0 spiro atoms. The molecule has 1 unspecified atom stereocenters. The Hall–Kier alpha value is -3.36. The number of benzene rings is 3. The van der Waals surface area contributed by atoms with Crippen molar-refractivity contribution in [3.8, 4) is 0 Å². The van der Waals surface area contributed by atoms with Crippen molar-refractivity contribution in [1.82, 2.24) is 10.2 Å². The van der Waals surface area contributed by atoms with Gasteiger partial charge in [0.1, 0.15) is 12.6 Å². The molecule has 2 amide bonds. The van der Waals surface area contributed by atoms with Crippen LogP contribution in [-0.4, -0.2) is 50.3 Å². The molecule has 0 radical (unpaired) electrons. The second-order valence-corrected chi connectivity index (χ2v) is 13.4. The molecule has 0 bridgehead atoms. The van der Waals surface area contributed by atoms with E-state index in [0.29, 0.717) is 22.7 Å². The topological polar surface area (TPSA) is 86.8 Å². The molecule has 3 aromatic carbocycles. The number of aryl methyl sites for hydroxylation is 2. The number of hydrogen-bond donors (Lipinski definition) is 1. The Labute approximate surface area is 254 Å². The van der Waals surface area contributed by atoms with Gasteiger partial charge >= 0.3 is 0 Å². The fourth-order valence-electron chi connectivity index (χ4n) is 5.34. The van der Waals surface area contributed by atoms with Gasteiger partial charge in [-0.05, 0) is 75.4 Å². The van der Waals surface area contributed by atoms with Crippen molar-refractivity contribution in [2.24, 2.45) is 0 Å². The highest BCUT2D eigenvalue weighted by molar-refractivity contribution is 7.92. The molecule has 0 heterocycles. The first-order valence-electron chi connectivity index (χ1n) is 14.6. The minimum absolute atomic E-state index is 0.0687. The van der Waals surface area contributed by atoms with E-state index >= 15 is 0 Å². The lowest BCUT2D eigenvalue weighted by molar-refractivity contribution is -0.139. The Morgan fingerprint density at radius 1 is 0.952 bits per heavy atom. The zero-order valence-corrected chi connectivity index (χ0v) is 26.1. The van der Waals surface area contributed by atoms with Crippen molar-refractivity contribution >= 4 is 39.1 Å². The predicted molar refractivity (Wildman–Crippen MR) is 168 cm³/mol. The molecular formula is C33H40ClN3O4S. The van der Waals surface area contributed by atoms with E-state index in [1.54, 1.807) is 44.2 Å². The highest BCUT2D eigenvalue weighted by Gasteiger charge is 2.33. The van der Waals surface area contributed by atoms with E-state index in [1.165, 1.54) is 17.0 Å². The molecule has 1 saturated carbocycles. The maximum atomic E-state index is 14.1. The van der Waals surface area contributed by atoms with Crippen molar-refractivity contribution in [3.63, 3.8) is 0 Å². The lowest BCUT2D eigenvalue weighted by Gasteiger charge is -2.33. The van der Waals surface area contributed by atoms with Crippen molar-refractivity contribution < 1.29 is 18.0 Å². The molecule has 42 heavy (non-hydrogen) atoms. The fourth-order valence-corrected chi connectivity index (χ4v) is 6.98. The van der Waals surface area contributed by atoms with Gasteiger partial charge in [0.2, 0.25) is 11.8 Å². The molecule has 0 saturated heterocycles. The van der Waals surface area contributed by atoms with E-state index in [9.17, 15) is 18.0 Å². The summed E-state index contributed by atoms with van der Waals surface area (Å²) in [5, 5.41) is 3.49. The number of carbonyl (C=O) groups excluding carboxylic acids is 2.